The smallest absolute Gasteiger partial charge is 0.272 e. The van der Waals surface area contributed by atoms with Gasteiger partial charge in [0.25, 0.3) is 5.91 Å². The second kappa shape index (κ2) is 6.63. The number of aromatic nitrogens is 2. The number of rotatable bonds is 4. The van der Waals surface area contributed by atoms with E-state index in [1.54, 1.807) is 42.3 Å². The zero-order chi connectivity index (χ0) is 19.1. The highest BCUT2D eigenvalue weighted by molar-refractivity contribution is 6.30. The van der Waals surface area contributed by atoms with Gasteiger partial charge in [-0.15, -0.1) is 0 Å². The fourth-order valence-corrected chi connectivity index (χ4v) is 3.58. The van der Waals surface area contributed by atoms with E-state index in [0.717, 1.165) is 16.7 Å². The summed E-state index contributed by atoms with van der Waals surface area (Å²) in [6.07, 6.45) is 0. The number of fused-ring (bicyclic) bond motifs is 1. The van der Waals surface area contributed by atoms with Crippen molar-refractivity contribution in [3.05, 3.63) is 64.3 Å². The third kappa shape index (κ3) is 2.82. The Balaban J connectivity index is 1.85. The number of halogens is 1. The number of benzene rings is 2. The number of hydrogen-bond acceptors (Lipinski definition) is 4. The highest BCUT2D eigenvalue weighted by Crippen LogP contribution is 2.43. The minimum Gasteiger partial charge on any atom is -0.504 e. The molecule has 7 heteroatoms. The van der Waals surface area contributed by atoms with Crippen LogP contribution < -0.4 is 4.74 Å². The average Bonchev–Trinajstić information content (AvgIpc) is 3.18. The van der Waals surface area contributed by atoms with Crippen LogP contribution in [0, 0.1) is 0 Å². The van der Waals surface area contributed by atoms with E-state index in [4.69, 9.17) is 16.3 Å². The third-order valence-electron chi connectivity index (χ3n) is 4.72. The zero-order valence-corrected chi connectivity index (χ0v) is 15.6. The fraction of sp³-hybridized carbons (Fsp3) is 0.200. The molecular formula is C20H18ClN3O3. The molecule has 2 aromatic carbocycles. The predicted octanol–water partition coefficient (Wildman–Crippen LogP) is 4.01. The number of nitrogens with one attached hydrogen (secondary N) is 1. The molecule has 1 aliphatic rings. The third-order valence-corrected chi connectivity index (χ3v) is 4.97. The number of phenolic OH excluding ortho intramolecular Hbond substituents is 1. The van der Waals surface area contributed by atoms with Crippen molar-refractivity contribution in [2.24, 2.45) is 0 Å². The van der Waals surface area contributed by atoms with Crippen LogP contribution in [0.25, 0.3) is 11.3 Å². The molecule has 0 saturated carbocycles. The van der Waals surface area contributed by atoms with Crippen molar-refractivity contribution in [2.75, 3.05) is 13.7 Å². The van der Waals surface area contributed by atoms with Crippen molar-refractivity contribution < 1.29 is 14.6 Å². The van der Waals surface area contributed by atoms with Crippen molar-refractivity contribution in [3.63, 3.8) is 0 Å². The molecule has 3 aromatic rings. The Hall–Kier alpha value is -2.99. The van der Waals surface area contributed by atoms with E-state index in [1.807, 2.05) is 19.1 Å². The van der Waals surface area contributed by atoms with Crippen molar-refractivity contribution in [1.82, 2.24) is 15.1 Å². The lowest BCUT2D eigenvalue weighted by atomic mass is 9.96. The molecule has 0 unspecified atom stereocenters. The minimum absolute atomic E-state index is 0.0675. The number of hydrogen-bond donors (Lipinski definition) is 2. The maximum atomic E-state index is 12.7. The number of amides is 1. The number of ether oxygens (including phenoxy) is 1. The Labute approximate surface area is 161 Å². The normalized spacial score (nSPS) is 15.9. The first-order valence-electron chi connectivity index (χ1n) is 8.58. The van der Waals surface area contributed by atoms with Gasteiger partial charge in [0.05, 0.1) is 18.3 Å². The highest BCUT2D eigenvalue weighted by atomic mass is 35.5. The second-order valence-electron chi connectivity index (χ2n) is 6.35. The van der Waals surface area contributed by atoms with Crippen molar-refractivity contribution >= 4 is 17.5 Å². The molecule has 0 spiro atoms. The summed E-state index contributed by atoms with van der Waals surface area (Å²) < 4.78 is 5.50. The van der Waals surface area contributed by atoms with Crippen LogP contribution in [0.5, 0.6) is 11.5 Å². The van der Waals surface area contributed by atoms with E-state index in [1.165, 1.54) is 0 Å². The van der Waals surface area contributed by atoms with E-state index in [-0.39, 0.29) is 17.7 Å². The Morgan fingerprint density at radius 2 is 2.00 bits per heavy atom. The van der Waals surface area contributed by atoms with Gasteiger partial charge in [-0.3, -0.25) is 9.89 Å². The Bertz CT molecular complexity index is 1010. The van der Waals surface area contributed by atoms with Gasteiger partial charge in [-0.05, 0) is 36.8 Å². The summed E-state index contributed by atoms with van der Waals surface area (Å²) in [5.74, 6) is 0.326. The van der Waals surface area contributed by atoms with Crippen molar-refractivity contribution in [3.8, 4) is 22.8 Å². The van der Waals surface area contributed by atoms with Gasteiger partial charge in [0, 0.05) is 23.2 Å². The van der Waals surface area contributed by atoms with Gasteiger partial charge in [0.15, 0.2) is 11.5 Å². The summed E-state index contributed by atoms with van der Waals surface area (Å²) in [7, 11) is 1.75. The first-order valence-corrected chi connectivity index (χ1v) is 8.96. The summed E-state index contributed by atoms with van der Waals surface area (Å²) >= 11 is 6.00. The molecule has 2 N–H and O–H groups in total. The number of aromatic amines is 1. The maximum Gasteiger partial charge on any atom is 0.272 e. The lowest BCUT2D eigenvalue weighted by molar-refractivity contribution is 0.0787. The molecule has 0 aliphatic carbocycles. The number of aromatic hydroxyl groups is 1. The van der Waals surface area contributed by atoms with E-state index >= 15 is 0 Å². The second-order valence-corrected chi connectivity index (χ2v) is 6.78. The summed E-state index contributed by atoms with van der Waals surface area (Å²) in [5.41, 5.74) is 3.68. The van der Waals surface area contributed by atoms with Gasteiger partial charge in [0.1, 0.15) is 5.69 Å². The quantitative estimate of drug-likeness (QED) is 0.713. The Morgan fingerprint density at radius 1 is 1.26 bits per heavy atom. The van der Waals surface area contributed by atoms with Gasteiger partial charge in [0.2, 0.25) is 0 Å². The van der Waals surface area contributed by atoms with E-state index in [0.29, 0.717) is 28.8 Å². The van der Waals surface area contributed by atoms with Gasteiger partial charge in [-0.25, -0.2) is 0 Å². The number of nitrogens with zero attached hydrogens (tertiary/aromatic N) is 2. The molecule has 2 heterocycles. The number of phenols is 1. The molecule has 0 bridgehead atoms. The highest BCUT2D eigenvalue weighted by Gasteiger charge is 2.40. The van der Waals surface area contributed by atoms with Gasteiger partial charge in [-0.2, -0.15) is 5.10 Å². The van der Waals surface area contributed by atoms with Crippen molar-refractivity contribution in [2.45, 2.75) is 13.0 Å². The summed E-state index contributed by atoms with van der Waals surface area (Å²) in [4.78, 5) is 14.4. The monoisotopic (exact) mass is 383 g/mol. The predicted molar refractivity (Wildman–Crippen MR) is 102 cm³/mol. The van der Waals surface area contributed by atoms with Crippen LogP contribution in [0.2, 0.25) is 5.02 Å². The molecule has 0 radical (unpaired) electrons. The number of carbonyl (C=O) groups is 1. The van der Waals surface area contributed by atoms with Crippen molar-refractivity contribution in [1.29, 1.82) is 0 Å². The molecule has 0 saturated heterocycles. The van der Waals surface area contributed by atoms with Crippen LogP contribution in [0.3, 0.4) is 0 Å². The maximum absolute atomic E-state index is 12.7. The van der Waals surface area contributed by atoms with Gasteiger partial charge >= 0.3 is 0 Å². The topological polar surface area (TPSA) is 78.5 Å². The molecule has 1 aliphatic heterocycles. The minimum atomic E-state index is -0.336. The van der Waals surface area contributed by atoms with Crippen LogP contribution in [0.4, 0.5) is 0 Å². The van der Waals surface area contributed by atoms with Crippen LogP contribution in [-0.2, 0) is 0 Å². The molecule has 138 valence electrons. The Kier molecular flexibility index (Phi) is 4.28. The van der Waals surface area contributed by atoms with E-state index in [2.05, 4.69) is 10.2 Å². The summed E-state index contributed by atoms with van der Waals surface area (Å²) in [6.45, 7) is 2.29. The van der Waals surface area contributed by atoms with Crippen LogP contribution in [0.15, 0.2) is 42.5 Å². The molecule has 27 heavy (non-hydrogen) atoms. The fourth-order valence-electron chi connectivity index (χ4n) is 3.46. The van der Waals surface area contributed by atoms with Crippen LogP contribution >= 0.6 is 11.6 Å². The first-order chi connectivity index (χ1) is 13.0. The number of carbonyl (C=O) groups excluding carboxylic acids is 1. The standard InChI is InChI=1S/C20H18ClN3O3/c1-3-27-15-10-12(6-9-14(15)25)19-16-17(11-4-7-13(21)8-5-11)22-23-18(16)20(26)24(19)2/h4-10,19,25H,3H2,1-2H3,(H,22,23)/t19-/m0/s1. The molecule has 1 aromatic heterocycles. The molecule has 0 fully saturated rings. The van der Waals surface area contributed by atoms with E-state index in [9.17, 15) is 9.90 Å². The average molecular weight is 384 g/mol. The number of H-pyrrole nitrogens is 1. The van der Waals surface area contributed by atoms with Crippen LogP contribution in [0.1, 0.15) is 34.6 Å². The zero-order valence-electron chi connectivity index (χ0n) is 14.9. The molecule has 6 nitrogen and oxygen atoms in total. The SMILES string of the molecule is CCOc1cc([C@H]2c3c(-c4ccc(Cl)cc4)n[nH]c3C(=O)N2C)ccc1O. The van der Waals surface area contributed by atoms with Crippen LogP contribution in [-0.4, -0.2) is 39.8 Å². The lowest BCUT2D eigenvalue weighted by Crippen LogP contribution is -2.24. The molecule has 4 rings (SSSR count). The summed E-state index contributed by atoms with van der Waals surface area (Å²) in [5, 5.41) is 17.9. The van der Waals surface area contributed by atoms with E-state index < -0.39 is 0 Å². The van der Waals surface area contributed by atoms with Gasteiger partial charge < -0.3 is 14.7 Å². The largest absolute Gasteiger partial charge is 0.504 e. The molecule has 1 amide bonds. The molecular weight excluding hydrogens is 366 g/mol. The van der Waals surface area contributed by atoms with Gasteiger partial charge in [-0.1, -0.05) is 29.8 Å². The summed E-state index contributed by atoms with van der Waals surface area (Å²) in [6, 6.07) is 12.1. The Morgan fingerprint density at radius 3 is 2.70 bits per heavy atom. The molecule has 1 atom stereocenters. The lowest BCUT2D eigenvalue weighted by Gasteiger charge is -2.22. The first kappa shape index (κ1) is 17.4.